The van der Waals surface area contributed by atoms with Crippen molar-refractivity contribution < 1.29 is 18.0 Å². The maximum absolute atomic E-state index is 13.4. The molecule has 0 bridgehead atoms. The van der Waals surface area contributed by atoms with Crippen LogP contribution in [0.25, 0.3) is 0 Å². The number of aryl methyl sites for hydroxylation is 4. The zero-order valence-electron chi connectivity index (χ0n) is 18.4. The molecule has 2 N–H and O–H groups in total. The molecule has 1 saturated heterocycles. The molecule has 1 atom stereocenters. The van der Waals surface area contributed by atoms with Gasteiger partial charge in [-0.05, 0) is 63.8 Å². The minimum absolute atomic E-state index is 0.0866. The van der Waals surface area contributed by atoms with Gasteiger partial charge in [-0.3, -0.25) is 9.59 Å². The van der Waals surface area contributed by atoms with E-state index in [4.69, 9.17) is 0 Å². The Morgan fingerprint density at radius 3 is 2.19 bits per heavy atom. The second-order valence-electron chi connectivity index (χ2n) is 8.17. The van der Waals surface area contributed by atoms with E-state index >= 15 is 0 Å². The first kappa shape index (κ1) is 23.0. The first-order valence-electron chi connectivity index (χ1n) is 10.3. The van der Waals surface area contributed by atoms with Gasteiger partial charge in [0.1, 0.15) is 0 Å². The van der Waals surface area contributed by atoms with Gasteiger partial charge in [-0.1, -0.05) is 35.4 Å². The van der Waals surface area contributed by atoms with E-state index in [9.17, 15) is 18.0 Å². The molecular formula is C23H29N3O4S. The third-order valence-electron chi connectivity index (χ3n) is 5.51. The summed E-state index contributed by atoms with van der Waals surface area (Å²) in [7, 11) is -3.71. The Hall–Kier alpha value is -2.71. The van der Waals surface area contributed by atoms with Crippen molar-refractivity contribution in [3.63, 3.8) is 0 Å². The predicted molar refractivity (Wildman–Crippen MR) is 120 cm³/mol. The zero-order valence-corrected chi connectivity index (χ0v) is 19.2. The molecule has 166 valence electrons. The Morgan fingerprint density at radius 1 is 0.968 bits per heavy atom. The standard InChI is InChI=1S/C23H29N3O4S/c1-15-7-9-19(10-8-15)25-23(28)22(27)24-14-20-6-5-11-26(20)31(29,30)21-17(3)12-16(2)13-18(21)4/h7-10,12-13,20H,5-6,11,14H2,1-4H3,(H,24,27)(H,25,28)/t20-/m0/s1. The van der Waals surface area contributed by atoms with E-state index in [1.807, 2.05) is 38.1 Å². The van der Waals surface area contributed by atoms with Gasteiger partial charge in [0.25, 0.3) is 0 Å². The number of carbonyl (C=O) groups excluding carboxylic acids is 2. The Kier molecular flexibility index (Phi) is 6.81. The Morgan fingerprint density at radius 2 is 1.58 bits per heavy atom. The van der Waals surface area contributed by atoms with Crippen LogP contribution in [0.1, 0.15) is 35.1 Å². The van der Waals surface area contributed by atoms with E-state index in [-0.39, 0.29) is 12.6 Å². The largest absolute Gasteiger partial charge is 0.346 e. The van der Waals surface area contributed by atoms with Crippen molar-refractivity contribution in [2.75, 3.05) is 18.4 Å². The molecule has 8 heteroatoms. The summed E-state index contributed by atoms with van der Waals surface area (Å²) in [4.78, 5) is 24.7. The van der Waals surface area contributed by atoms with Gasteiger partial charge in [-0.15, -0.1) is 0 Å². The molecule has 0 saturated carbocycles. The molecule has 3 rings (SSSR count). The van der Waals surface area contributed by atoms with Crippen molar-refractivity contribution in [3.8, 4) is 0 Å². The van der Waals surface area contributed by atoms with Gasteiger partial charge in [-0.2, -0.15) is 4.31 Å². The van der Waals surface area contributed by atoms with Gasteiger partial charge in [-0.25, -0.2) is 8.42 Å². The topological polar surface area (TPSA) is 95.6 Å². The lowest BCUT2D eigenvalue weighted by Crippen LogP contribution is -2.45. The van der Waals surface area contributed by atoms with Gasteiger partial charge < -0.3 is 10.6 Å². The molecule has 2 amide bonds. The fourth-order valence-corrected chi connectivity index (χ4v) is 6.24. The van der Waals surface area contributed by atoms with Gasteiger partial charge in [0.15, 0.2) is 0 Å². The predicted octanol–water partition coefficient (Wildman–Crippen LogP) is 2.83. The lowest BCUT2D eigenvalue weighted by molar-refractivity contribution is -0.136. The van der Waals surface area contributed by atoms with Crippen LogP contribution in [0, 0.1) is 27.7 Å². The van der Waals surface area contributed by atoms with Crippen LogP contribution >= 0.6 is 0 Å². The molecule has 2 aromatic rings. The summed E-state index contributed by atoms with van der Waals surface area (Å²) in [5, 5.41) is 5.14. The normalized spacial score (nSPS) is 16.8. The third kappa shape index (κ3) is 5.14. The third-order valence-corrected chi connectivity index (χ3v) is 7.77. The lowest BCUT2D eigenvalue weighted by atomic mass is 10.1. The molecule has 0 aromatic heterocycles. The van der Waals surface area contributed by atoms with Crippen molar-refractivity contribution in [1.29, 1.82) is 0 Å². The van der Waals surface area contributed by atoms with E-state index in [1.54, 1.807) is 26.0 Å². The molecule has 0 aliphatic carbocycles. The summed E-state index contributed by atoms with van der Waals surface area (Å²) in [5.41, 5.74) is 4.01. The number of anilines is 1. The molecule has 1 aliphatic heterocycles. The summed E-state index contributed by atoms with van der Waals surface area (Å²) in [6.45, 7) is 7.95. The number of amides is 2. The van der Waals surface area contributed by atoms with Crippen molar-refractivity contribution in [3.05, 3.63) is 58.7 Å². The van der Waals surface area contributed by atoms with Crippen LogP contribution in [0.4, 0.5) is 5.69 Å². The highest BCUT2D eigenvalue weighted by Gasteiger charge is 2.37. The molecule has 2 aromatic carbocycles. The van der Waals surface area contributed by atoms with E-state index in [2.05, 4.69) is 10.6 Å². The number of nitrogens with one attached hydrogen (secondary N) is 2. The summed E-state index contributed by atoms with van der Waals surface area (Å²) in [6.07, 6.45) is 1.34. The van der Waals surface area contributed by atoms with Crippen LogP contribution in [0.3, 0.4) is 0 Å². The summed E-state index contributed by atoms with van der Waals surface area (Å²) in [5.74, 6) is -1.56. The Labute approximate surface area is 183 Å². The van der Waals surface area contributed by atoms with E-state index in [1.165, 1.54) is 4.31 Å². The maximum atomic E-state index is 13.4. The maximum Gasteiger partial charge on any atom is 0.313 e. The Balaban J connectivity index is 1.67. The SMILES string of the molecule is Cc1ccc(NC(=O)C(=O)NC[C@@H]2CCCN2S(=O)(=O)c2c(C)cc(C)cc2C)cc1. The summed E-state index contributed by atoms with van der Waals surface area (Å²) >= 11 is 0. The molecule has 0 spiro atoms. The molecule has 7 nitrogen and oxygen atoms in total. The van der Waals surface area contributed by atoms with Gasteiger partial charge in [0.05, 0.1) is 4.90 Å². The summed E-state index contributed by atoms with van der Waals surface area (Å²) < 4.78 is 28.2. The van der Waals surface area contributed by atoms with Crippen molar-refractivity contribution in [2.24, 2.45) is 0 Å². The molecule has 31 heavy (non-hydrogen) atoms. The smallest absolute Gasteiger partial charge is 0.313 e. The summed E-state index contributed by atoms with van der Waals surface area (Å²) in [6, 6.07) is 10.5. The minimum Gasteiger partial charge on any atom is -0.346 e. The van der Waals surface area contributed by atoms with Crippen molar-refractivity contribution >= 4 is 27.5 Å². The fourth-order valence-electron chi connectivity index (χ4n) is 4.14. The van der Waals surface area contributed by atoms with Crippen LogP contribution in [-0.2, 0) is 19.6 Å². The molecule has 1 aliphatic rings. The molecule has 1 heterocycles. The fraction of sp³-hybridized carbons (Fsp3) is 0.391. The van der Waals surface area contributed by atoms with Gasteiger partial charge in [0.2, 0.25) is 10.0 Å². The second kappa shape index (κ2) is 9.20. The monoisotopic (exact) mass is 443 g/mol. The highest BCUT2D eigenvalue weighted by molar-refractivity contribution is 7.89. The average molecular weight is 444 g/mol. The van der Waals surface area contributed by atoms with Crippen molar-refractivity contribution in [2.45, 2.75) is 51.5 Å². The number of hydrogen-bond acceptors (Lipinski definition) is 4. The lowest BCUT2D eigenvalue weighted by Gasteiger charge is -2.26. The van der Waals surface area contributed by atoms with Crippen LogP contribution in [0.2, 0.25) is 0 Å². The van der Waals surface area contributed by atoms with E-state index < -0.39 is 21.8 Å². The number of rotatable bonds is 5. The number of sulfonamides is 1. The van der Waals surface area contributed by atoms with Crippen molar-refractivity contribution in [1.82, 2.24) is 9.62 Å². The number of benzene rings is 2. The van der Waals surface area contributed by atoms with Crippen LogP contribution in [0.15, 0.2) is 41.3 Å². The minimum atomic E-state index is -3.71. The van der Waals surface area contributed by atoms with Crippen LogP contribution < -0.4 is 10.6 Å². The molecule has 0 unspecified atom stereocenters. The van der Waals surface area contributed by atoms with Gasteiger partial charge >= 0.3 is 11.8 Å². The Bertz CT molecular complexity index is 1070. The van der Waals surface area contributed by atoms with E-state index in [0.29, 0.717) is 41.1 Å². The number of carbonyl (C=O) groups is 2. The first-order valence-corrected chi connectivity index (χ1v) is 11.8. The molecule has 1 fully saturated rings. The zero-order chi connectivity index (χ0) is 22.8. The average Bonchev–Trinajstić information content (AvgIpc) is 3.16. The number of nitrogens with zero attached hydrogens (tertiary/aromatic N) is 1. The van der Waals surface area contributed by atoms with Gasteiger partial charge in [0, 0.05) is 24.8 Å². The molecule has 0 radical (unpaired) electrons. The highest BCUT2D eigenvalue weighted by atomic mass is 32.2. The number of hydrogen-bond donors (Lipinski definition) is 2. The quantitative estimate of drug-likeness (QED) is 0.695. The molecular weight excluding hydrogens is 414 g/mol. The van der Waals surface area contributed by atoms with Crippen LogP contribution in [0.5, 0.6) is 0 Å². The second-order valence-corrected chi connectivity index (χ2v) is 10.00. The first-order chi connectivity index (χ1) is 14.6. The van der Waals surface area contributed by atoms with Crippen LogP contribution in [-0.4, -0.2) is 43.7 Å². The highest BCUT2D eigenvalue weighted by Crippen LogP contribution is 2.30. The van der Waals surface area contributed by atoms with E-state index in [0.717, 1.165) is 11.1 Å².